The summed E-state index contributed by atoms with van der Waals surface area (Å²) in [5, 5.41) is 2.80. The fourth-order valence-electron chi connectivity index (χ4n) is 1.02. The molecule has 3 N–H and O–H groups in total. The Morgan fingerprint density at radius 1 is 1.50 bits per heavy atom. The van der Waals surface area contributed by atoms with E-state index in [9.17, 15) is 4.79 Å². The monoisotopic (exact) mass is 202 g/mol. The second-order valence-electron chi connectivity index (χ2n) is 4.71. The summed E-state index contributed by atoms with van der Waals surface area (Å²) in [4.78, 5) is 11.6. The van der Waals surface area contributed by atoms with Crippen LogP contribution in [-0.4, -0.2) is 31.7 Å². The van der Waals surface area contributed by atoms with E-state index in [-0.39, 0.29) is 17.4 Å². The Hall–Kier alpha value is -0.610. The first-order valence-electron chi connectivity index (χ1n) is 4.84. The van der Waals surface area contributed by atoms with Crippen molar-refractivity contribution in [2.75, 3.05) is 13.7 Å². The van der Waals surface area contributed by atoms with Crippen molar-refractivity contribution in [2.45, 2.75) is 39.8 Å². The molecule has 4 nitrogen and oxygen atoms in total. The molecule has 0 rings (SSSR count). The minimum atomic E-state index is -0.484. The molecule has 0 spiro atoms. The van der Waals surface area contributed by atoms with Gasteiger partial charge in [-0.15, -0.1) is 0 Å². The number of carbonyl (C=O) groups excluding carboxylic acids is 1. The first kappa shape index (κ1) is 13.4. The molecular weight excluding hydrogens is 180 g/mol. The van der Waals surface area contributed by atoms with Crippen molar-refractivity contribution in [1.29, 1.82) is 0 Å². The highest BCUT2D eigenvalue weighted by atomic mass is 16.5. The van der Waals surface area contributed by atoms with Crippen LogP contribution in [0.4, 0.5) is 0 Å². The zero-order chi connectivity index (χ0) is 11.4. The summed E-state index contributed by atoms with van der Waals surface area (Å²) in [5.74, 6) is -0.123. The quantitative estimate of drug-likeness (QED) is 0.698. The molecule has 0 heterocycles. The lowest BCUT2D eigenvalue weighted by atomic mass is 9.87. The van der Waals surface area contributed by atoms with Crippen molar-refractivity contribution in [1.82, 2.24) is 5.32 Å². The lowest BCUT2D eigenvalue weighted by molar-refractivity contribution is -0.125. The first-order chi connectivity index (χ1) is 6.29. The third-order valence-corrected chi connectivity index (χ3v) is 2.02. The van der Waals surface area contributed by atoms with E-state index in [0.717, 1.165) is 0 Å². The van der Waals surface area contributed by atoms with Crippen LogP contribution in [0.3, 0.4) is 0 Å². The molecule has 0 radical (unpaired) electrons. The number of amides is 1. The fourth-order valence-corrected chi connectivity index (χ4v) is 1.02. The lowest BCUT2D eigenvalue weighted by Gasteiger charge is -2.27. The van der Waals surface area contributed by atoms with Gasteiger partial charge in [-0.1, -0.05) is 20.8 Å². The molecule has 0 bridgehead atoms. The molecule has 1 unspecified atom stereocenters. The van der Waals surface area contributed by atoms with Crippen molar-refractivity contribution >= 4 is 5.91 Å². The Morgan fingerprint density at radius 3 is 2.36 bits per heavy atom. The van der Waals surface area contributed by atoms with Crippen LogP contribution >= 0.6 is 0 Å². The third-order valence-electron chi connectivity index (χ3n) is 2.02. The van der Waals surface area contributed by atoms with E-state index in [2.05, 4.69) is 5.32 Å². The largest absolute Gasteiger partial charge is 0.383 e. The van der Waals surface area contributed by atoms with Crippen LogP contribution in [0.25, 0.3) is 0 Å². The van der Waals surface area contributed by atoms with Gasteiger partial charge in [-0.2, -0.15) is 0 Å². The second-order valence-corrected chi connectivity index (χ2v) is 4.71. The number of nitrogens with one attached hydrogen (secondary N) is 1. The van der Waals surface area contributed by atoms with Crippen LogP contribution in [0.2, 0.25) is 0 Å². The molecule has 4 heteroatoms. The first-order valence-corrected chi connectivity index (χ1v) is 4.84. The van der Waals surface area contributed by atoms with Gasteiger partial charge in [0.2, 0.25) is 5.91 Å². The van der Waals surface area contributed by atoms with E-state index in [1.807, 2.05) is 27.7 Å². The van der Waals surface area contributed by atoms with Crippen LogP contribution < -0.4 is 11.1 Å². The van der Waals surface area contributed by atoms with Gasteiger partial charge in [0.15, 0.2) is 0 Å². The van der Waals surface area contributed by atoms with Gasteiger partial charge in [0.1, 0.15) is 0 Å². The molecule has 84 valence electrons. The van der Waals surface area contributed by atoms with Crippen molar-refractivity contribution < 1.29 is 9.53 Å². The summed E-state index contributed by atoms with van der Waals surface area (Å²) in [5.41, 5.74) is 5.57. The Morgan fingerprint density at radius 2 is 2.00 bits per heavy atom. The summed E-state index contributed by atoms with van der Waals surface area (Å²) in [6, 6.07) is -0.484. The van der Waals surface area contributed by atoms with Gasteiger partial charge in [-0.25, -0.2) is 0 Å². The molecule has 0 aromatic carbocycles. The maximum Gasteiger partial charge on any atom is 0.237 e. The van der Waals surface area contributed by atoms with Gasteiger partial charge in [-0.05, 0) is 12.3 Å². The highest BCUT2D eigenvalue weighted by molar-refractivity contribution is 5.82. The summed E-state index contributed by atoms with van der Waals surface area (Å²) < 4.78 is 4.91. The number of methoxy groups -OCH3 is 1. The van der Waals surface area contributed by atoms with Gasteiger partial charge in [0.05, 0.1) is 12.6 Å². The average molecular weight is 202 g/mol. The van der Waals surface area contributed by atoms with E-state index in [1.165, 1.54) is 0 Å². The molecule has 0 aliphatic carbocycles. The number of hydrogen-bond donors (Lipinski definition) is 2. The van der Waals surface area contributed by atoms with Crippen molar-refractivity contribution in [3.63, 3.8) is 0 Å². The molecular formula is C10H22N2O2. The van der Waals surface area contributed by atoms with Crippen LogP contribution in [-0.2, 0) is 9.53 Å². The Bertz CT molecular complexity index is 187. The Labute approximate surface area is 86.2 Å². The maximum absolute atomic E-state index is 11.6. The molecule has 0 saturated carbocycles. The zero-order valence-electron chi connectivity index (χ0n) is 9.76. The molecule has 0 aliphatic heterocycles. The predicted octanol–water partition coefficient (Wildman–Crippen LogP) is 0.511. The fraction of sp³-hybridized carbons (Fsp3) is 0.900. The number of rotatable bonds is 4. The topological polar surface area (TPSA) is 64.3 Å². The van der Waals surface area contributed by atoms with Gasteiger partial charge in [0.25, 0.3) is 0 Å². The standard InChI is InChI=1S/C10H22N2O2/c1-7(6-14-5)12-9(13)8(11)10(2,3)4/h7-8H,6,11H2,1-5H3,(H,12,13)/t7?,8-/m0/s1. The predicted molar refractivity (Wildman–Crippen MR) is 56.9 cm³/mol. The van der Waals surface area contributed by atoms with E-state index < -0.39 is 6.04 Å². The SMILES string of the molecule is COCC(C)NC(=O)[C@H](N)C(C)(C)C. The molecule has 0 aliphatic rings. The van der Waals surface area contributed by atoms with Gasteiger partial charge in [-0.3, -0.25) is 4.79 Å². The minimum absolute atomic E-state index is 0.000833. The number of nitrogens with two attached hydrogens (primary N) is 1. The van der Waals surface area contributed by atoms with Crippen LogP contribution in [0.5, 0.6) is 0 Å². The van der Waals surface area contributed by atoms with Gasteiger partial charge >= 0.3 is 0 Å². The molecule has 0 fully saturated rings. The highest BCUT2D eigenvalue weighted by Gasteiger charge is 2.27. The highest BCUT2D eigenvalue weighted by Crippen LogP contribution is 2.17. The summed E-state index contributed by atoms with van der Waals surface area (Å²) in [6.45, 7) is 8.22. The number of carbonyl (C=O) groups is 1. The molecule has 2 atom stereocenters. The summed E-state index contributed by atoms with van der Waals surface area (Å²) in [7, 11) is 1.60. The second kappa shape index (κ2) is 5.32. The van der Waals surface area contributed by atoms with E-state index in [0.29, 0.717) is 6.61 Å². The van der Waals surface area contributed by atoms with Crippen LogP contribution in [0, 0.1) is 5.41 Å². The summed E-state index contributed by atoms with van der Waals surface area (Å²) >= 11 is 0. The van der Waals surface area contributed by atoms with Crippen LogP contribution in [0.15, 0.2) is 0 Å². The smallest absolute Gasteiger partial charge is 0.237 e. The van der Waals surface area contributed by atoms with Crippen LogP contribution in [0.1, 0.15) is 27.7 Å². The Balaban J connectivity index is 4.08. The zero-order valence-corrected chi connectivity index (χ0v) is 9.76. The third kappa shape index (κ3) is 4.58. The number of ether oxygens (including phenoxy) is 1. The van der Waals surface area contributed by atoms with E-state index in [1.54, 1.807) is 7.11 Å². The maximum atomic E-state index is 11.6. The van der Waals surface area contributed by atoms with Gasteiger partial charge in [0, 0.05) is 13.2 Å². The molecule has 0 saturated heterocycles. The average Bonchev–Trinajstić information content (AvgIpc) is 2.01. The minimum Gasteiger partial charge on any atom is -0.383 e. The van der Waals surface area contributed by atoms with Gasteiger partial charge < -0.3 is 15.8 Å². The summed E-state index contributed by atoms with van der Waals surface area (Å²) in [6.07, 6.45) is 0. The van der Waals surface area contributed by atoms with Crippen molar-refractivity contribution in [2.24, 2.45) is 11.1 Å². The molecule has 1 amide bonds. The van der Waals surface area contributed by atoms with Crippen molar-refractivity contribution in [3.05, 3.63) is 0 Å². The van der Waals surface area contributed by atoms with E-state index in [4.69, 9.17) is 10.5 Å². The van der Waals surface area contributed by atoms with E-state index >= 15 is 0 Å². The van der Waals surface area contributed by atoms with Crippen molar-refractivity contribution in [3.8, 4) is 0 Å². The lowest BCUT2D eigenvalue weighted by Crippen LogP contribution is -2.51. The molecule has 0 aromatic rings. The Kier molecular flexibility index (Phi) is 5.08. The number of hydrogen-bond acceptors (Lipinski definition) is 3. The molecule has 0 aromatic heterocycles. The molecule has 14 heavy (non-hydrogen) atoms. The normalized spacial score (nSPS) is 16.1.